The number of nitrogens with one attached hydrogen (secondary N) is 1. The molecular formula is C19H26N4O2. The van der Waals surface area contributed by atoms with Crippen molar-refractivity contribution in [3.63, 3.8) is 0 Å². The zero-order valence-electron chi connectivity index (χ0n) is 15.4. The molecule has 1 aliphatic rings. The number of benzene rings is 1. The van der Waals surface area contributed by atoms with Crippen molar-refractivity contribution in [3.05, 3.63) is 35.7 Å². The Hall–Kier alpha value is -2.37. The van der Waals surface area contributed by atoms with Crippen molar-refractivity contribution in [2.45, 2.75) is 52.0 Å². The van der Waals surface area contributed by atoms with Crippen LogP contribution < -0.4 is 5.32 Å². The van der Waals surface area contributed by atoms with E-state index in [0.717, 1.165) is 18.4 Å². The van der Waals surface area contributed by atoms with E-state index in [-0.39, 0.29) is 17.5 Å². The van der Waals surface area contributed by atoms with Gasteiger partial charge in [0, 0.05) is 30.1 Å². The molecule has 0 aliphatic carbocycles. The number of hydrogen-bond acceptors (Lipinski definition) is 4. The summed E-state index contributed by atoms with van der Waals surface area (Å²) in [6.45, 7) is 9.42. The van der Waals surface area contributed by atoms with Crippen LogP contribution in [-0.2, 0) is 0 Å². The second-order valence-electron chi connectivity index (χ2n) is 7.76. The number of urea groups is 1. The Morgan fingerprint density at radius 1 is 1.20 bits per heavy atom. The number of aryl methyl sites for hydroxylation is 1. The van der Waals surface area contributed by atoms with Gasteiger partial charge in [0.15, 0.2) is 0 Å². The average molecular weight is 342 g/mol. The first-order chi connectivity index (χ1) is 11.8. The fourth-order valence-electron chi connectivity index (χ4n) is 2.95. The molecule has 1 N–H and O–H groups in total. The third-order valence-corrected chi connectivity index (χ3v) is 4.36. The smallest absolute Gasteiger partial charge is 0.317 e. The fraction of sp³-hybridized carbons (Fsp3) is 0.526. The van der Waals surface area contributed by atoms with Gasteiger partial charge in [-0.05, 0) is 40.5 Å². The highest BCUT2D eigenvalue weighted by Crippen LogP contribution is 2.28. The van der Waals surface area contributed by atoms with E-state index in [4.69, 9.17) is 4.52 Å². The van der Waals surface area contributed by atoms with Crippen LogP contribution in [0.25, 0.3) is 11.4 Å². The minimum Gasteiger partial charge on any atom is -0.339 e. The summed E-state index contributed by atoms with van der Waals surface area (Å²) in [5.74, 6) is 1.51. The van der Waals surface area contributed by atoms with E-state index in [0.29, 0.717) is 24.8 Å². The lowest BCUT2D eigenvalue weighted by Crippen LogP contribution is -2.50. The van der Waals surface area contributed by atoms with Gasteiger partial charge in [-0.2, -0.15) is 4.98 Å². The van der Waals surface area contributed by atoms with Gasteiger partial charge in [-0.1, -0.05) is 35.0 Å². The van der Waals surface area contributed by atoms with Crippen molar-refractivity contribution in [3.8, 4) is 11.4 Å². The van der Waals surface area contributed by atoms with Crippen LogP contribution in [0.15, 0.2) is 28.8 Å². The molecule has 0 spiro atoms. The van der Waals surface area contributed by atoms with Crippen LogP contribution in [0, 0.1) is 6.92 Å². The van der Waals surface area contributed by atoms with Crippen molar-refractivity contribution in [1.82, 2.24) is 20.4 Å². The second kappa shape index (κ2) is 6.86. The number of carbonyl (C=O) groups excluding carboxylic acids is 1. The van der Waals surface area contributed by atoms with Crippen LogP contribution in [0.3, 0.4) is 0 Å². The van der Waals surface area contributed by atoms with E-state index in [1.165, 1.54) is 5.56 Å². The van der Waals surface area contributed by atoms with Crippen LogP contribution >= 0.6 is 0 Å². The fourth-order valence-corrected chi connectivity index (χ4v) is 2.95. The molecule has 134 valence electrons. The minimum atomic E-state index is -0.219. The van der Waals surface area contributed by atoms with E-state index in [1.54, 1.807) is 0 Å². The Morgan fingerprint density at radius 3 is 2.44 bits per heavy atom. The standard InChI is InChI=1S/C19H26N4O2/c1-13-5-7-14(8-6-13)16-20-17(25-22-16)15-9-11-23(12-10-15)18(24)21-19(2,3)4/h5-8,15H,9-12H2,1-4H3,(H,21,24). The minimum absolute atomic E-state index is 0.00294. The number of nitrogens with zero attached hydrogens (tertiary/aromatic N) is 3. The second-order valence-corrected chi connectivity index (χ2v) is 7.76. The Morgan fingerprint density at radius 2 is 1.84 bits per heavy atom. The first-order valence-electron chi connectivity index (χ1n) is 8.79. The largest absolute Gasteiger partial charge is 0.339 e. The quantitative estimate of drug-likeness (QED) is 0.902. The molecule has 2 aromatic rings. The number of aromatic nitrogens is 2. The van der Waals surface area contributed by atoms with Crippen molar-refractivity contribution in [2.75, 3.05) is 13.1 Å². The Labute approximate surface area is 148 Å². The van der Waals surface area contributed by atoms with Gasteiger partial charge >= 0.3 is 6.03 Å². The molecule has 0 unspecified atom stereocenters. The Bertz CT molecular complexity index is 723. The maximum atomic E-state index is 12.2. The third-order valence-electron chi connectivity index (χ3n) is 4.36. The summed E-state index contributed by atoms with van der Waals surface area (Å²) in [7, 11) is 0. The molecular weight excluding hydrogens is 316 g/mol. The lowest BCUT2D eigenvalue weighted by atomic mass is 9.97. The van der Waals surface area contributed by atoms with Gasteiger partial charge < -0.3 is 14.7 Å². The molecule has 0 bridgehead atoms. The first-order valence-corrected chi connectivity index (χ1v) is 8.79. The Kier molecular flexibility index (Phi) is 4.79. The topological polar surface area (TPSA) is 71.3 Å². The van der Waals surface area contributed by atoms with E-state index in [1.807, 2.05) is 49.9 Å². The van der Waals surface area contributed by atoms with Gasteiger partial charge in [-0.25, -0.2) is 4.79 Å². The van der Waals surface area contributed by atoms with Crippen molar-refractivity contribution >= 4 is 6.03 Å². The summed E-state index contributed by atoms with van der Waals surface area (Å²) in [5.41, 5.74) is 1.94. The maximum absolute atomic E-state index is 12.2. The average Bonchev–Trinajstić information content (AvgIpc) is 3.04. The molecule has 6 heteroatoms. The zero-order valence-corrected chi connectivity index (χ0v) is 15.4. The molecule has 25 heavy (non-hydrogen) atoms. The zero-order chi connectivity index (χ0) is 18.0. The van der Waals surface area contributed by atoms with Crippen molar-refractivity contribution in [2.24, 2.45) is 0 Å². The molecule has 1 aromatic carbocycles. The van der Waals surface area contributed by atoms with Crippen LogP contribution in [0.5, 0.6) is 0 Å². The van der Waals surface area contributed by atoms with E-state index >= 15 is 0 Å². The molecule has 0 atom stereocenters. The van der Waals surface area contributed by atoms with Gasteiger partial charge in [0.25, 0.3) is 0 Å². The van der Waals surface area contributed by atoms with Crippen molar-refractivity contribution in [1.29, 1.82) is 0 Å². The number of carbonyl (C=O) groups is 1. The van der Waals surface area contributed by atoms with E-state index < -0.39 is 0 Å². The summed E-state index contributed by atoms with van der Waals surface area (Å²) < 4.78 is 5.48. The summed E-state index contributed by atoms with van der Waals surface area (Å²) in [5, 5.41) is 7.12. The number of piperidine rings is 1. The first kappa shape index (κ1) is 17.5. The summed E-state index contributed by atoms with van der Waals surface area (Å²) in [6, 6.07) is 8.08. The third kappa shape index (κ3) is 4.38. The van der Waals surface area contributed by atoms with E-state index in [9.17, 15) is 4.79 Å². The molecule has 0 saturated carbocycles. The number of rotatable bonds is 2. The Balaban J connectivity index is 1.60. The highest BCUT2D eigenvalue weighted by molar-refractivity contribution is 5.75. The molecule has 1 aliphatic heterocycles. The predicted octanol–water partition coefficient (Wildman–Crippen LogP) is 3.73. The molecule has 0 radical (unpaired) electrons. The van der Waals surface area contributed by atoms with Gasteiger partial charge in [-0.15, -0.1) is 0 Å². The molecule has 1 aromatic heterocycles. The van der Waals surface area contributed by atoms with Crippen LogP contribution in [0.2, 0.25) is 0 Å². The normalized spacial score (nSPS) is 16.1. The monoisotopic (exact) mass is 342 g/mol. The molecule has 1 saturated heterocycles. The lowest BCUT2D eigenvalue weighted by molar-refractivity contribution is 0.167. The molecule has 3 rings (SSSR count). The van der Waals surface area contributed by atoms with Gasteiger partial charge in [-0.3, -0.25) is 0 Å². The lowest BCUT2D eigenvalue weighted by Gasteiger charge is -2.33. The van der Waals surface area contributed by atoms with E-state index in [2.05, 4.69) is 22.4 Å². The molecule has 2 amide bonds. The van der Waals surface area contributed by atoms with Gasteiger partial charge in [0.2, 0.25) is 11.7 Å². The maximum Gasteiger partial charge on any atom is 0.317 e. The van der Waals surface area contributed by atoms with Crippen molar-refractivity contribution < 1.29 is 9.32 Å². The summed E-state index contributed by atoms with van der Waals surface area (Å²) in [6.07, 6.45) is 1.68. The molecule has 1 fully saturated rings. The molecule has 2 heterocycles. The van der Waals surface area contributed by atoms with Gasteiger partial charge in [0.05, 0.1) is 0 Å². The predicted molar refractivity (Wildman–Crippen MR) is 96.3 cm³/mol. The SMILES string of the molecule is Cc1ccc(-c2noc(C3CCN(C(=O)NC(C)(C)C)CC3)n2)cc1. The highest BCUT2D eigenvalue weighted by atomic mass is 16.5. The summed E-state index contributed by atoms with van der Waals surface area (Å²) in [4.78, 5) is 18.7. The van der Waals surface area contributed by atoms with Crippen LogP contribution in [0.4, 0.5) is 4.79 Å². The summed E-state index contributed by atoms with van der Waals surface area (Å²) >= 11 is 0. The highest BCUT2D eigenvalue weighted by Gasteiger charge is 2.28. The number of amides is 2. The number of hydrogen-bond donors (Lipinski definition) is 1. The van der Waals surface area contributed by atoms with Gasteiger partial charge in [0.1, 0.15) is 0 Å². The van der Waals surface area contributed by atoms with Crippen LogP contribution in [-0.4, -0.2) is 39.7 Å². The van der Waals surface area contributed by atoms with Crippen LogP contribution in [0.1, 0.15) is 51.0 Å². The number of likely N-dealkylation sites (tertiary alicyclic amines) is 1. The molecule has 6 nitrogen and oxygen atoms in total.